The van der Waals surface area contributed by atoms with Crippen LogP contribution in [0.15, 0.2) is 28.4 Å². The Labute approximate surface area is 120 Å². The maximum absolute atomic E-state index is 12.3. The Kier molecular flexibility index (Phi) is 3.94. The molecule has 0 spiro atoms. The molecule has 1 fully saturated rings. The average Bonchev–Trinajstić information content (AvgIpc) is 3.12. The number of likely N-dealkylation sites (tertiary alicyclic amines) is 1. The van der Waals surface area contributed by atoms with Gasteiger partial charge in [0.1, 0.15) is 0 Å². The number of nitrogens with zero attached hydrogens (tertiary/aromatic N) is 2. The fraction of sp³-hybridized carbons (Fsp3) is 0.429. The maximum atomic E-state index is 12.3. The van der Waals surface area contributed by atoms with E-state index in [-0.39, 0.29) is 5.91 Å². The lowest BCUT2D eigenvalue weighted by Gasteiger charge is -2.31. The van der Waals surface area contributed by atoms with Gasteiger partial charge in [0, 0.05) is 30.6 Å². The molecule has 19 heavy (non-hydrogen) atoms. The Morgan fingerprint density at radius 2 is 2.42 bits per heavy atom. The van der Waals surface area contributed by atoms with Crippen LogP contribution in [-0.2, 0) is 11.2 Å². The second-order valence-corrected chi connectivity index (χ2v) is 6.56. The van der Waals surface area contributed by atoms with Crippen LogP contribution < -0.4 is 0 Å². The lowest BCUT2D eigenvalue weighted by molar-refractivity contribution is -0.131. The first-order chi connectivity index (χ1) is 9.33. The van der Waals surface area contributed by atoms with Crippen LogP contribution >= 0.6 is 22.7 Å². The Morgan fingerprint density at radius 1 is 1.47 bits per heavy atom. The predicted molar refractivity (Wildman–Crippen MR) is 78.7 cm³/mol. The summed E-state index contributed by atoms with van der Waals surface area (Å²) in [5, 5.41) is 7.27. The number of rotatable bonds is 3. The monoisotopic (exact) mass is 292 g/mol. The van der Waals surface area contributed by atoms with Crippen molar-refractivity contribution in [2.75, 3.05) is 13.1 Å². The molecule has 3 nitrogen and oxygen atoms in total. The lowest BCUT2D eigenvalue weighted by Crippen LogP contribution is -2.39. The van der Waals surface area contributed by atoms with E-state index >= 15 is 0 Å². The quantitative estimate of drug-likeness (QED) is 0.870. The number of thiophene rings is 1. The standard InChI is InChI=1S/C14H16N2OS2/c17-13(8-11-3-6-18-10-11)16-5-1-2-12(9-16)14-15-4-7-19-14/h3-4,6-7,10,12H,1-2,5,8-9H2. The predicted octanol–water partition coefficient (Wildman–Crippen LogP) is 3.15. The zero-order chi connectivity index (χ0) is 13.1. The van der Waals surface area contributed by atoms with E-state index in [1.807, 2.05) is 27.9 Å². The van der Waals surface area contributed by atoms with Crippen molar-refractivity contribution < 1.29 is 4.79 Å². The molecule has 0 bridgehead atoms. The number of aromatic nitrogens is 1. The fourth-order valence-electron chi connectivity index (χ4n) is 2.52. The summed E-state index contributed by atoms with van der Waals surface area (Å²) in [6, 6.07) is 2.03. The van der Waals surface area contributed by atoms with Crippen LogP contribution in [0, 0.1) is 0 Å². The molecule has 0 saturated carbocycles. The first-order valence-corrected chi connectivity index (χ1v) is 8.33. The zero-order valence-corrected chi connectivity index (χ0v) is 12.3. The Balaban J connectivity index is 1.63. The molecule has 0 radical (unpaired) electrons. The van der Waals surface area contributed by atoms with E-state index in [4.69, 9.17) is 0 Å². The Morgan fingerprint density at radius 3 is 3.16 bits per heavy atom. The van der Waals surface area contributed by atoms with E-state index in [2.05, 4.69) is 10.4 Å². The van der Waals surface area contributed by atoms with Crippen LogP contribution in [0.5, 0.6) is 0 Å². The fourth-order valence-corrected chi connectivity index (χ4v) is 3.96. The molecule has 0 aromatic carbocycles. The number of carbonyl (C=O) groups is 1. The molecule has 0 aliphatic carbocycles. The van der Waals surface area contributed by atoms with Gasteiger partial charge in [-0.3, -0.25) is 4.79 Å². The minimum absolute atomic E-state index is 0.250. The van der Waals surface area contributed by atoms with Gasteiger partial charge >= 0.3 is 0 Å². The molecule has 3 heterocycles. The minimum Gasteiger partial charge on any atom is -0.342 e. The highest BCUT2D eigenvalue weighted by Crippen LogP contribution is 2.28. The van der Waals surface area contributed by atoms with Gasteiger partial charge < -0.3 is 4.90 Å². The lowest BCUT2D eigenvalue weighted by atomic mass is 9.98. The van der Waals surface area contributed by atoms with Crippen molar-refractivity contribution in [1.29, 1.82) is 0 Å². The molecule has 1 aliphatic rings. The van der Waals surface area contributed by atoms with Crippen molar-refractivity contribution in [3.05, 3.63) is 39.0 Å². The van der Waals surface area contributed by atoms with Crippen LogP contribution in [0.1, 0.15) is 29.3 Å². The third kappa shape index (κ3) is 3.04. The smallest absolute Gasteiger partial charge is 0.227 e. The SMILES string of the molecule is O=C(Cc1ccsc1)N1CCCC(c2nccs2)C1. The molecule has 2 aromatic rings. The van der Waals surface area contributed by atoms with Crippen molar-refractivity contribution in [2.24, 2.45) is 0 Å². The summed E-state index contributed by atoms with van der Waals surface area (Å²) < 4.78 is 0. The second-order valence-electron chi connectivity index (χ2n) is 4.86. The highest BCUT2D eigenvalue weighted by Gasteiger charge is 2.26. The molecule has 5 heteroatoms. The number of thiazole rings is 1. The summed E-state index contributed by atoms with van der Waals surface area (Å²) in [4.78, 5) is 18.7. The van der Waals surface area contributed by atoms with Gasteiger partial charge in [-0.1, -0.05) is 0 Å². The van der Waals surface area contributed by atoms with Crippen molar-refractivity contribution >= 4 is 28.6 Å². The van der Waals surface area contributed by atoms with Crippen LogP contribution in [-0.4, -0.2) is 28.9 Å². The van der Waals surface area contributed by atoms with Crippen LogP contribution in [0.3, 0.4) is 0 Å². The highest BCUT2D eigenvalue weighted by atomic mass is 32.1. The van der Waals surface area contributed by atoms with Gasteiger partial charge in [-0.15, -0.1) is 11.3 Å². The van der Waals surface area contributed by atoms with E-state index in [1.54, 1.807) is 22.7 Å². The first kappa shape index (κ1) is 12.8. The van der Waals surface area contributed by atoms with Gasteiger partial charge in [0.15, 0.2) is 0 Å². The van der Waals surface area contributed by atoms with E-state index < -0.39 is 0 Å². The Hall–Kier alpha value is -1.20. The molecule has 1 unspecified atom stereocenters. The topological polar surface area (TPSA) is 33.2 Å². The van der Waals surface area contributed by atoms with E-state index in [9.17, 15) is 4.79 Å². The van der Waals surface area contributed by atoms with Crippen molar-refractivity contribution in [3.63, 3.8) is 0 Å². The molecule has 2 aromatic heterocycles. The molecular formula is C14H16N2OS2. The molecule has 1 aliphatic heterocycles. The van der Waals surface area contributed by atoms with Crippen molar-refractivity contribution in [2.45, 2.75) is 25.2 Å². The number of hydrogen-bond acceptors (Lipinski definition) is 4. The molecular weight excluding hydrogens is 276 g/mol. The van der Waals surface area contributed by atoms with Gasteiger partial charge in [-0.2, -0.15) is 11.3 Å². The summed E-state index contributed by atoms with van der Waals surface area (Å²) in [7, 11) is 0. The molecule has 1 amide bonds. The average molecular weight is 292 g/mol. The molecule has 1 saturated heterocycles. The van der Waals surface area contributed by atoms with Gasteiger partial charge in [0.2, 0.25) is 5.91 Å². The third-order valence-electron chi connectivity index (χ3n) is 3.51. The number of carbonyl (C=O) groups excluding carboxylic acids is 1. The molecule has 1 atom stereocenters. The Bertz CT molecular complexity index is 522. The number of piperidine rings is 1. The minimum atomic E-state index is 0.250. The molecule has 0 N–H and O–H groups in total. The number of hydrogen-bond donors (Lipinski definition) is 0. The summed E-state index contributed by atoms with van der Waals surface area (Å²) >= 11 is 3.35. The summed E-state index contributed by atoms with van der Waals surface area (Å²) in [5.41, 5.74) is 1.13. The zero-order valence-electron chi connectivity index (χ0n) is 10.6. The largest absolute Gasteiger partial charge is 0.342 e. The second kappa shape index (κ2) is 5.84. The molecule has 3 rings (SSSR count). The molecule has 100 valence electrons. The van der Waals surface area contributed by atoms with Gasteiger partial charge in [-0.05, 0) is 35.2 Å². The third-order valence-corrected chi connectivity index (χ3v) is 5.18. The van der Waals surface area contributed by atoms with E-state index in [0.29, 0.717) is 12.3 Å². The van der Waals surface area contributed by atoms with Gasteiger partial charge in [0.05, 0.1) is 11.4 Å². The van der Waals surface area contributed by atoms with Gasteiger partial charge in [0.25, 0.3) is 0 Å². The summed E-state index contributed by atoms with van der Waals surface area (Å²) in [6.45, 7) is 1.72. The maximum Gasteiger partial charge on any atom is 0.227 e. The van der Waals surface area contributed by atoms with E-state index in [1.165, 1.54) is 5.01 Å². The van der Waals surface area contributed by atoms with Gasteiger partial charge in [-0.25, -0.2) is 4.98 Å². The first-order valence-electron chi connectivity index (χ1n) is 6.51. The summed E-state index contributed by atoms with van der Waals surface area (Å²) in [5.74, 6) is 0.680. The van der Waals surface area contributed by atoms with E-state index in [0.717, 1.165) is 31.5 Å². The van der Waals surface area contributed by atoms with Crippen molar-refractivity contribution in [3.8, 4) is 0 Å². The normalized spacial score (nSPS) is 19.6. The van der Waals surface area contributed by atoms with Crippen molar-refractivity contribution in [1.82, 2.24) is 9.88 Å². The summed E-state index contributed by atoms with van der Waals surface area (Å²) in [6.07, 6.45) is 4.62. The highest BCUT2D eigenvalue weighted by molar-refractivity contribution is 7.09. The number of amides is 1. The van der Waals surface area contributed by atoms with Crippen LogP contribution in [0.4, 0.5) is 0 Å². The van der Waals surface area contributed by atoms with Crippen LogP contribution in [0.25, 0.3) is 0 Å². The van der Waals surface area contributed by atoms with Crippen LogP contribution in [0.2, 0.25) is 0 Å².